The number of carbonyl (C=O) groups excluding carboxylic acids is 2. The van der Waals surface area contributed by atoms with E-state index in [1.807, 2.05) is 0 Å². The average Bonchev–Trinajstić information content (AvgIpc) is 3.04. The highest BCUT2D eigenvalue weighted by Gasteiger charge is 2.35. The second-order valence-corrected chi connectivity index (χ2v) is 8.99. The molecule has 1 aliphatic rings. The Morgan fingerprint density at radius 3 is 2.43 bits per heavy atom. The van der Waals surface area contributed by atoms with Crippen molar-refractivity contribution < 1.29 is 22.4 Å². The summed E-state index contributed by atoms with van der Waals surface area (Å²) in [5.41, 5.74) is 0.656. The molecule has 1 fully saturated rings. The molecule has 1 heterocycles. The summed E-state index contributed by atoms with van der Waals surface area (Å²) in [4.78, 5) is 26.0. The Kier molecular flexibility index (Phi) is 6.00. The van der Waals surface area contributed by atoms with Gasteiger partial charge in [0.25, 0.3) is 0 Å². The lowest BCUT2D eigenvalue weighted by atomic mass is 10.1. The fourth-order valence-corrected chi connectivity index (χ4v) is 4.25. The molecule has 2 amide bonds. The number of anilines is 1. The van der Waals surface area contributed by atoms with Gasteiger partial charge in [0.15, 0.2) is 9.84 Å². The number of nitrogens with zero attached hydrogens (tertiary/aromatic N) is 1. The van der Waals surface area contributed by atoms with E-state index in [2.05, 4.69) is 5.32 Å². The third kappa shape index (κ3) is 4.69. The molecule has 2 aromatic carbocycles. The molecule has 3 rings (SSSR count). The van der Waals surface area contributed by atoms with Crippen molar-refractivity contribution >= 4 is 38.9 Å². The summed E-state index contributed by atoms with van der Waals surface area (Å²) in [6.45, 7) is 0.126. The number of halogens is 2. The van der Waals surface area contributed by atoms with Crippen molar-refractivity contribution in [3.63, 3.8) is 0 Å². The predicted octanol–water partition coefficient (Wildman–Crippen LogP) is 2.42. The fraction of sp³-hybridized carbons (Fsp3) is 0.263. The van der Waals surface area contributed by atoms with Gasteiger partial charge in [-0.2, -0.15) is 0 Å². The van der Waals surface area contributed by atoms with Crippen molar-refractivity contribution in [1.82, 2.24) is 5.32 Å². The maximum Gasteiger partial charge on any atom is 0.227 e. The molecular weight excluding hydrogens is 407 g/mol. The Balaban J connectivity index is 1.54. The van der Waals surface area contributed by atoms with Crippen LogP contribution < -0.4 is 10.2 Å². The van der Waals surface area contributed by atoms with E-state index >= 15 is 0 Å². The highest BCUT2D eigenvalue weighted by molar-refractivity contribution is 7.91. The minimum Gasteiger partial charge on any atom is -0.355 e. The average molecular weight is 425 g/mol. The Hall–Kier alpha value is -2.45. The van der Waals surface area contributed by atoms with E-state index in [4.69, 9.17) is 11.6 Å². The Labute approximate surface area is 167 Å². The first-order valence-electron chi connectivity index (χ1n) is 8.58. The number of nitrogens with one attached hydrogen (secondary N) is 1. The number of benzene rings is 2. The molecule has 1 N–H and O–H groups in total. The van der Waals surface area contributed by atoms with E-state index in [0.29, 0.717) is 10.7 Å². The first-order valence-corrected chi connectivity index (χ1v) is 10.6. The van der Waals surface area contributed by atoms with Gasteiger partial charge in [-0.25, -0.2) is 12.8 Å². The zero-order valence-electron chi connectivity index (χ0n) is 14.8. The third-order valence-corrected chi connectivity index (χ3v) is 6.46. The molecule has 1 atom stereocenters. The highest BCUT2D eigenvalue weighted by Crippen LogP contribution is 2.26. The molecule has 1 saturated heterocycles. The second-order valence-electron chi connectivity index (χ2n) is 6.45. The quantitative estimate of drug-likeness (QED) is 0.722. The van der Waals surface area contributed by atoms with Crippen LogP contribution in [0.15, 0.2) is 53.4 Å². The van der Waals surface area contributed by atoms with Crippen LogP contribution in [0.4, 0.5) is 10.1 Å². The third-order valence-electron chi connectivity index (χ3n) is 4.48. The molecule has 1 unspecified atom stereocenters. The zero-order valence-corrected chi connectivity index (χ0v) is 16.3. The molecule has 28 heavy (non-hydrogen) atoms. The topological polar surface area (TPSA) is 83.5 Å². The fourth-order valence-electron chi connectivity index (χ4n) is 2.97. The number of carbonyl (C=O) groups is 2. The van der Waals surface area contributed by atoms with E-state index < -0.39 is 21.6 Å². The summed E-state index contributed by atoms with van der Waals surface area (Å²) in [7, 11) is -3.64. The van der Waals surface area contributed by atoms with Crippen molar-refractivity contribution in [2.24, 2.45) is 5.92 Å². The summed E-state index contributed by atoms with van der Waals surface area (Å²) in [5, 5.41) is 3.12. The Morgan fingerprint density at radius 1 is 1.14 bits per heavy atom. The maximum absolute atomic E-state index is 12.9. The van der Waals surface area contributed by atoms with Gasteiger partial charge in [-0.3, -0.25) is 9.59 Å². The minimum absolute atomic E-state index is 0.00638. The van der Waals surface area contributed by atoms with Gasteiger partial charge in [0.05, 0.1) is 16.6 Å². The summed E-state index contributed by atoms with van der Waals surface area (Å²) >= 11 is 5.84. The van der Waals surface area contributed by atoms with Gasteiger partial charge in [-0.15, -0.1) is 0 Å². The van der Waals surface area contributed by atoms with Gasteiger partial charge in [0.2, 0.25) is 11.8 Å². The summed E-state index contributed by atoms with van der Waals surface area (Å²) in [6, 6.07) is 11.3. The number of amides is 2. The smallest absolute Gasteiger partial charge is 0.227 e. The molecule has 1 aliphatic heterocycles. The molecule has 0 radical (unpaired) electrons. The molecule has 2 aromatic rings. The highest BCUT2D eigenvalue weighted by atomic mass is 35.5. The molecule has 0 aliphatic carbocycles. The number of sulfone groups is 1. The van der Waals surface area contributed by atoms with E-state index in [1.54, 1.807) is 24.3 Å². The largest absolute Gasteiger partial charge is 0.355 e. The first kappa shape index (κ1) is 20.3. The van der Waals surface area contributed by atoms with Crippen LogP contribution in [-0.4, -0.2) is 39.1 Å². The standard InChI is InChI=1S/C19H18ClFN2O4S/c20-14-1-5-16(6-2-14)23-12-13(11-18(23)24)19(25)22-9-10-28(26,27)17-7-3-15(21)4-8-17/h1-8,13H,9-12H2,(H,22,25). The van der Waals surface area contributed by atoms with Crippen LogP contribution in [0.2, 0.25) is 5.02 Å². The summed E-state index contributed by atoms with van der Waals surface area (Å²) in [6.07, 6.45) is 0.0547. The second kappa shape index (κ2) is 8.28. The molecular formula is C19H18ClFN2O4S. The molecule has 6 nitrogen and oxygen atoms in total. The number of rotatable bonds is 6. The summed E-state index contributed by atoms with van der Waals surface area (Å²) in [5.74, 6) is -1.95. The van der Waals surface area contributed by atoms with Gasteiger partial charge in [0.1, 0.15) is 5.82 Å². The van der Waals surface area contributed by atoms with Crippen LogP contribution in [0.3, 0.4) is 0 Å². The van der Waals surface area contributed by atoms with E-state index in [1.165, 1.54) is 17.0 Å². The SMILES string of the molecule is O=C(NCCS(=O)(=O)c1ccc(F)cc1)C1CC(=O)N(c2ccc(Cl)cc2)C1. The van der Waals surface area contributed by atoms with Crippen molar-refractivity contribution in [2.75, 3.05) is 23.7 Å². The zero-order chi connectivity index (χ0) is 20.3. The molecule has 0 bridgehead atoms. The molecule has 0 saturated carbocycles. The van der Waals surface area contributed by atoms with E-state index in [9.17, 15) is 22.4 Å². The number of hydrogen-bond acceptors (Lipinski definition) is 4. The maximum atomic E-state index is 12.9. The van der Waals surface area contributed by atoms with Crippen LogP contribution in [-0.2, 0) is 19.4 Å². The monoisotopic (exact) mass is 424 g/mol. The van der Waals surface area contributed by atoms with Crippen molar-refractivity contribution in [3.8, 4) is 0 Å². The molecule has 148 valence electrons. The lowest BCUT2D eigenvalue weighted by Crippen LogP contribution is -2.35. The number of hydrogen-bond donors (Lipinski definition) is 1. The van der Waals surface area contributed by atoms with Crippen LogP contribution in [0, 0.1) is 11.7 Å². The van der Waals surface area contributed by atoms with Crippen LogP contribution >= 0.6 is 11.6 Å². The summed E-state index contributed by atoms with van der Waals surface area (Å²) < 4.78 is 37.4. The molecule has 0 spiro atoms. The van der Waals surface area contributed by atoms with Gasteiger partial charge < -0.3 is 10.2 Å². The lowest BCUT2D eigenvalue weighted by Gasteiger charge is -2.16. The van der Waals surface area contributed by atoms with Crippen molar-refractivity contribution in [1.29, 1.82) is 0 Å². The van der Waals surface area contributed by atoms with Crippen LogP contribution in [0.1, 0.15) is 6.42 Å². The van der Waals surface area contributed by atoms with Gasteiger partial charge in [0, 0.05) is 30.2 Å². The van der Waals surface area contributed by atoms with E-state index in [-0.39, 0.29) is 42.0 Å². The lowest BCUT2D eigenvalue weighted by molar-refractivity contribution is -0.126. The minimum atomic E-state index is -3.64. The Bertz CT molecular complexity index is 978. The van der Waals surface area contributed by atoms with E-state index in [0.717, 1.165) is 12.1 Å². The molecule has 0 aromatic heterocycles. The normalized spacial score (nSPS) is 17.0. The van der Waals surface area contributed by atoms with Crippen LogP contribution in [0.25, 0.3) is 0 Å². The molecule has 9 heteroatoms. The van der Waals surface area contributed by atoms with Crippen molar-refractivity contribution in [3.05, 3.63) is 59.4 Å². The predicted molar refractivity (Wildman–Crippen MR) is 103 cm³/mol. The Morgan fingerprint density at radius 2 is 1.79 bits per heavy atom. The van der Waals surface area contributed by atoms with Gasteiger partial charge >= 0.3 is 0 Å². The first-order chi connectivity index (χ1) is 13.3. The van der Waals surface area contributed by atoms with Crippen LogP contribution in [0.5, 0.6) is 0 Å². The van der Waals surface area contributed by atoms with Crippen molar-refractivity contribution in [2.45, 2.75) is 11.3 Å². The van der Waals surface area contributed by atoms with Gasteiger partial charge in [-0.1, -0.05) is 11.6 Å². The van der Waals surface area contributed by atoms with Gasteiger partial charge in [-0.05, 0) is 48.5 Å².